The molecule has 1 heterocycles. The molecule has 0 amide bonds. The van der Waals surface area contributed by atoms with Gasteiger partial charge in [-0.1, -0.05) is 84.0 Å². The highest BCUT2D eigenvalue weighted by atomic mass is 16.5. The monoisotopic (exact) mass is 507 g/mol. The minimum Gasteiger partial charge on any atom is -0.507 e. The number of carbonyl (C=O) groups is 1. The number of benzene rings is 2. The highest BCUT2D eigenvalue weighted by Gasteiger charge is 2.47. The molecule has 2 unspecified atom stereocenters. The predicted octanol–water partition coefficient (Wildman–Crippen LogP) is 7.24. The summed E-state index contributed by atoms with van der Waals surface area (Å²) in [5, 5.41) is 14.8. The first-order chi connectivity index (χ1) is 16.9. The smallest absolute Gasteiger partial charge is 0.306 e. The highest BCUT2D eigenvalue weighted by Crippen LogP contribution is 2.41. The van der Waals surface area contributed by atoms with Crippen LogP contribution in [-0.2, 0) is 33.2 Å². The molecule has 4 nitrogen and oxygen atoms in total. The molecule has 1 aliphatic rings. The highest BCUT2D eigenvalue weighted by molar-refractivity contribution is 5.70. The first kappa shape index (κ1) is 29.2. The van der Waals surface area contributed by atoms with Crippen LogP contribution in [0.2, 0.25) is 0 Å². The minimum absolute atomic E-state index is 0.123. The SMILES string of the molecule is CC1(C)CC(OC(=O)CCc2cc(C(C)(C)C)c(O)c(C(C)(C)C)c2)C(Cc2ccccc2)C(C)(C)N1. The fourth-order valence-corrected chi connectivity index (χ4v) is 5.96. The van der Waals surface area contributed by atoms with E-state index in [0.29, 0.717) is 18.6 Å². The number of phenols is 1. The Bertz CT molecular complexity index is 1050. The Hall–Kier alpha value is -2.33. The van der Waals surface area contributed by atoms with Crippen LogP contribution in [-0.4, -0.2) is 28.3 Å². The molecule has 4 heteroatoms. The van der Waals surface area contributed by atoms with Gasteiger partial charge in [0, 0.05) is 29.8 Å². The molecule has 2 atom stereocenters. The van der Waals surface area contributed by atoms with Crippen LogP contribution in [0.4, 0.5) is 0 Å². The average molecular weight is 508 g/mol. The fourth-order valence-electron chi connectivity index (χ4n) is 5.96. The molecule has 204 valence electrons. The maximum atomic E-state index is 13.2. The first-order valence-electron chi connectivity index (χ1n) is 13.8. The number of aromatic hydroxyl groups is 1. The third-order valence-electron chi connectivity index (χ3n) is 7.73. The molecular weight excluding hydrogens is 458 g/mol. The van der Waals surface area contributed by atoms with Crippen LogP contribution in [0.5, 0.6) is 5.75 Å². The third-order valence-corrected chi connectivity index (χ3v) is 7.73. The second-order valence-corrected chi connectivity index (χ2v) is 14.3. The average Bonchev–Trinajstić information content (AvgIpc) is 2.73. The van der Waals surface area contributed by atoms with E-state index < -0.39 is 0 Å². The van der Waals surface area contributed by atoms with Crippen LogP contribution >= 0.6 is 0 Å². The Morgan fingerprint density at radius 1 is 0.946 bits per heavy atom. The summed E-state index contributed by atoms with van der Waals surface area (Å²) in [6.07, 6.45) is 2.39. The molecule has 0 radical (unpaired) electrons. The molecule has 0 spiro atoms. The molecular formula is C33H49NO3. The van der Waals surface area contributed by atoms with Gasteiger partial charge in [-0.2, -0.15) is 0 Å². The van der Waals surface area contributed by atoms with E-state index in [2.05, 4.69) is 111 Å². The molecule has 0 saturated carbocycles. The Kier molecular flexibility index (Phi) is 8.25. The van der Waals surface area contributed by atoms with E-state index >= 15 is 0 Å². The number of nitrogens with one attached hydrogen (secondary N) is 1. The van der Waals surface area contributed by atoms with Gasteiger partial charge in [0.25, 0.3) is 0 Å². The van der Waals surface area contributed by atoms with Crippen molar-refractivity contribution in [2.45, 2.75) is 123 Å². The van der Waals surface area contributed by atoms with Gasteiger partial charge in [0.05, 0.1) is 0 Å². The number of esters is 1. The van der Waals surface area contributed by atoms with Crippen molar-refractivity contribution in [3.63, 3.8) is 0 Å². The van der Waals surface area contributed by atoms with Crippen molar-refractivity contribution in [2.75, 3.05) is 0 Å². The summed E-state index contributed by atoms with van der Waals surface area (Å²) in [6, 6.07) is 14.6. The summed E-state index contributed by atoms with van der Waals surface area (Å²) in [5.41, 5.74) is 3.48. The molecule has 0 bridgehead atoms. The van der Waals surface area contributed by atoms with E-state index in [-0.39, 0.29) is 39.9 Å². The van der Waals surface area contributed by atoms with Gasteiger partial charge in [0.1, 0.15) is 11.9 Å². The van der Waals surface area contributed by atoms with E-state index in [1.807, 2.05) is 6.07 Å². The van der Waals surface area contributed by atoms with Gasteiger partial charge < -0.3 is 15.2 Å². The minimum atomic E-state index is -0.197. The molecule has 2 N–H and O–H groups in total. The molecule has 3 rings (SSSR count). The van der Waals surface area contributed by atoms with Crippen LogP contribution in [0.15, 0.2) is 42.5 Å². The van der Waals surface area contributed by atoms with Crippen LogP contribution in [0.25, 0.3) is 0 Å². The van der Waals surface area contributed by atoms with Gasteiger partial charge in [-0.3, -0.25) is 4.79 Å². The van der Waals surface area contributed by atoms with Gasteiger partial charge in [0.2, 0.25) is 0 Å². The molecule has 2 aromatic carbocycles. The summed E-state index contributed by atoms with van der Waals surface area (Å²) in [5.74, 6) is 0.383. The number of piperidine rings is 1. The maximum Gasteiger partial charge on any atom is 0.306 e. The van der Waals surface area contributed by atoms with Crippen LogP contribution in [0.3, 0.4) is 0 Å². The summed E-state index contributed by atoms with van der Waals surface area (Å²) >= 11 is 0. The van der Waals surface area contributed by atoms with E-state index in [4.69, 9.17) is 4.74 Å². The topological polar surface area (TPSA) is 58.6 Å². The van der Waals surface area contributed by atoms with E-state index in [0.717, 1.165) is 29.5 Å². The number of ether oxygens (including phenoxy) is 1. The number of phenolic OH excluding ortho intramolecular Hbond substituents is 1. The lowest BCUT2D eigenvalue weighted by atomic mass is 9.70. The van der Waals surface area contributed by atoms with E-state index in [1.54, 1.807) is 0 Å². The van der Waals surface area contributed by atoms with Gasteiger partial charge in [0.15, 0.2) is 0 Å². The zero-order chi connectivity index (χ0) is 27.8. The number of rotatable bonds is 6. The fraction of sp³-hybridized carbons (Fsp3) is 0.606. The second kappa shape index (κ2) is 10.4. The standard InChI is InChI=1S/C33H49NO3/c1-30(2,3)25-19-23(20-26(29(25)36)31(4,5)6)16-17-28(35)37-27-21-32(7,8)34-33(9,10)24(27)18-22-14-12-11-13-15-22/h11-15,19-20,24,27,34,36H,16-18,21H2,1-10H3. The molecule has 1 fully saturated rings. The van der Waals surface area contributed by atoms with Crippen molar-refractivity contribution < 1.29 is 14.6 Å². The number of hydrogen-bond donors (Lipinski definition) is 2. The normalized spacial score (nSPS) is 21.5. The van der Waals surface area contributed by atoms with Crippen molar-refractivity contribution >= 4 is 5.97 Å². The lowest BCUT2D eigenvalue weighted by Gasteiger charge is -2.51. The Morgan fingerprint density at radius 2 is 1.49 bits per heavy atom. The quantitative estimate of drug-likeness (QED) is 0.405. The Balaban J connectivity index is 1.80. The predicted molar refractivity (Wildman–Crippen MR) is 153 cm³/mol. The molecule has 1 aliphatic heterocycles. The number of hydrogen-bond acceptors (Lipinski definition) is 4. The molecule has 2 aromatic rings. The summed E-state index contributed by atoms with van der Waals surface area (Å²) in [7, 11) is 0. The first-order valence-corrected chi connectivity index (χ1v) is 13.8. The van der Waals surface area contributed by atoms with Crippen LogP contribution < -0.4 is 5.32 Å². The van der Waals surface area contributed by atoms with E-state index in [1.165, 1.54) is 5.56 Å². The van der Waals surface area contributed by atoms with Crippen LogP contribution in [0.1, 0.15) is 104 Å². The van der Waals surface area contributed by atoms with E-state index in [9.17, 15) is 9.90 Å². The summed E-state index contributed by atoms with van der Waals surface area (Å²) in [4.78, 5) is 13.2. The molecule has 37 heavy (non-hydrogen) atoms. The maximum absolute atomic E-state index is 13.2. The summed E-state index contributed by atoms with van der Waals surface area (Å²) < 4.78 is 6.26. The third kappa shape index (κ3) is 7.37. The lowest BCUT2D eigenvalue weighted by Crippen LogP contribution is -2.65. The van der Waals surface area contributed by atoms with Gasteiger partial charge in [-0.15, -0.1) is 0 Å². The number of aryl methyl sites for hydroxylation is 1. The van der Waals surface area contributed by atoms with Crippen molar-refractivity contribution in [3.8, 4) is 5.75 Å². The van der Waals surface area contributed by atoms with Crippen molar-refractivity contribution in [1.29, 1.82) is 0 Å². The lowest BCUT2D eigenvalue weighted by molar-refractivity contribution is -0.158. The van der Waals surface area contributed by atoms with Gasteiger partial charge in [-0.05, 0) is 73.6 Å². The number of carbonyl (C=O) groups excluding carboxylic acids is 1. The Labute approximate surface area is 225 Å². The molecule has 0 aliphatic carbocycles. The van der Waals surface area contributed by atoms with Gasteiger partial charge >= 0.3 is 5.97 Å². The Morgan fingerprint density at radius 3 is 2.00 bits per heavy atom. The molecule has 0 aromatic heterocycles. The largest absolute Gasteiger partial charge is 0.507 e. The second-order valence-electron chi connectivity index (χ2n) is 14.3. The zero-order valence-corrected chi connectivity index (χ0v) is 24.8. The molecule has 1 saturated heterocycles. The van der Waals surface area contributed by atoms with Crippen molar-refractivity contribution in [2.24, 2.45) is 5.92 Å². The zero-order valence-electron chi connectivity index (χ0n) is 24.8. The van der Waals surface area contributed by atoms with Crippen molar-refractivity contribution in [3.05, 3.63) is 64.7 Å². The van der Waals surface area contributed by atoms with Crippen molar-refractivity contribution in [1.82, 2.24) is 5.32 Å². The summed E-state index contributed by atoms with van der Waals surface area (Å²) in [6.45, 7) is 21.5. The van der Waals surface area contributed by atoms with Crippen LogP contribution in [0, 0.1) is 5.92 Å². The van der Waals surface area contributed by atoms with Gasteiger partial charge in [-0.25, -0.2) is 0 Å².